The van der Waals surface area contributed by atoms with Crippen LogP contribution in [0.5, 0.6) is 0 Å². The average Bonchev–Trinajstić information content (AvgIpc) is 2.81. The van der Waals surface area contributed by atoms with Crippen LogP contribution in [0.25, 0.3) is 0 Å². The van der Waals surface area contributed by atoms with Gasteiger partial charge < -0.3 is 25.8 Å². The topological polar surface area (TPSA) is 163 Å². The van der Waals surface area contributed by atoms with Crippen molar-refractivity contribution in [1.29, 1.82) is 0 Å². The molecule has 1 rings (SSSR count). The monoisotopic (exact) mass is 546 g/mol. The second-order valence-corrected chi connectivity index (χ2v) is 9.18. The lowest BCUT2D eigenvalue weighted by Gasteiger charge is -2.36. The minimum atomic E-state index is -5.27. The van der Waals surface area contributed by atoms with Gasteiger partial charge in [-0.1, -0.05) is 44.2 Å². The molecule has 0 heterocycles. The number of nitrogens with one attached hydrogen (secondary N) is 4. The van der Waals surface area contributed by atoms with E-state index in [4.69, 9.17) is 9.84 Å². The van der Waals surface area contributed by atoms with E-state index in [9.17, 15) is 37.1 Å². The number of benzene rings is 1. The van der Waals surface area contributed by atoms with Crippen molar-refractivity contribution in [3.63, 3.8) is 0 Å². The summed E-state index contributed by atoms with van der Waals surface area (Å²) in [6.45, 7) is 5.99. The van der Waals surface area contributed by atoms with E-state index in [1.165, 1.54) is 27.7 Å². The molecule has 1 aromatic carbocycles. The van der Waals surface area contributed by atoms with Gasteiger partial charge in [-0.3, -0.25) is 24.5 Å². The number of carbonyl (C=O) groups excluding carboxylic acids is 4. The molecule has 0 fully saturated rings. The third-order valence-corrected chi connectivity index (χ3v) is 5.34. The van der Waals surface area contributed by atoms with Crippen molar-refractivity contribution in [1.82, 2.24) is 21.3 Å². The number of carbonyl (C=O) groups is 5. The van der Waals surface area contributed by atoms with Crippen molar-refractivity contribution >= 4 is 29.8 Å². The van der Waals surface area contributed by atoms with E-state index in [2.05, 4.69) is 10.6 Å². The summed E-state index contributed by atoms with van der Waals surface area (Å²) in [6, 6.07) is 4.09. The van der Waals surface area contributed by atoms with Crippen LogP contribution < -0.4 is 21.3 Å². The number of amides is 4. The summed E-state index contributed by atoms with van der Waals surface area (Å²) in [5, 5.41) is 16.8. The summed E-state index contributed by atoms with van der Waals surface area (Å²) in [5.41, 5.74) is -2.92. The van der Waals surface area contributed by atoms with E-state index in [-0.39, 0.29) is 6.61 Å². The number of hydrogen-bond acceptors (Lipinski definition) is 6. The number of hydrogen-bond donors (Lipinski definition) is 5. The fourth-order valence-corrected chi connectivity index (χ4v) is 3.25. The molecule has 14 heteroatoms. The van der Waals surface area contributed by atoms with Crippen molar-refractivity contribution in [3.05, 3.63) is 35.9 Å². The molecule has 38 heavy (non-hydrogen) atoms. The molecule has 4 atom stereocenters. The molecule has 212 valence electrons. The lowest BCUT2D eigenvalue weighted by Crippen LogP contribution is -2.69. The minimum Gasteiger partial charge on any atom is -0.480 e. The van der Waals surface area contributed by atoms with Crippen LogP contribution in [0, 0.1) is 5.92 Å². The van der Waals surface area contributed by atoms with Crippen molar-refractivity contribution < 1.29 is 47.0 Å². The first-order valence-electron chi connectivity index (χ1n) is 11.7. The van der Waals surface area contributed by atoms with Gasteiger partial charge in [0.05, 0.1) is 0 Å². The van der Waals surface area contributed by atoms with Crippen LogP contribution in [0.1, 0.15) is 46.6 Å². The molecule has 1 unspecified atom stereocenters. The zero-order valence-electron chi connectivity index (χ0n) is 21.6. The average molecular weight is 547 g/mol. The Labute approximate surface area is 217 Å². The molecule has 0 aliphatic heterocycles. The number of carboxylic acids is 1. The Morgan fingerprint density at radius 2 is 1.34 bits per heavy atom. The highest BCUT2D eigenvalue weighted by Gasteiger charge is 2.62. The quantitative estimate of drug-likeness (QED) is 0.267. The summed E-state index contributed by atoms with van der Waals surface area (Å²) in [4.78, 5) is 60.7. The second-order valence-electron chi connectivity index (χ2n) is 9.18. The van der Waals surface area contributed by atoms with Crippen LogP contribution in [0.2, 0.25) is 0 Å². The van der Waals surface area contributed by atoms with Crippen molar-refractivity contribution in [2.24, 2.45) is 5.92 Å². The molecule has 1 aromatic rings. The maximum atomic E-state index is 14.3. The third kappa shape index (κ3) is 9.23. The van der Waals surface area contributed by atoms with Crippen LogP contribution in [0.3, 0.4) is 0 Å². The number of ether oxygens (including phenoxy) is 1. The fraction of sp³-hybridized carbons (Fsp3) is 0.542. The zero-order chi connectivity index (χ0) is 29.3. The molecule has 5 N–H and O–H groups in total. The van der Waals surface area contributed by atoms with Gasteiger partial charge in [-0.25, -0.2) is 4.79 Å². The maximum absolute atomic E-state index is 14.3. The first-order valence-corrected chi connectivity index (χ1v) is 11.7. The normalized spacial score (nSPS) is 15.3. The SMILES string of the molecule is CC(C)CC(NC(=O)OCc1ccccc1)(C(=O)N[C@@H](C)C(=O)N[C@@H](C)C(=O)N[C@@H](C)C(=O)O)C(F)(F)F. The predicted octanol–water partition coefficient (Wildman–Crippen LogP) is 1.86. The third-order valence-electron chi connectivity index (χ3n) is 5.34. The van der Waals surface area contributed by atoms with Gasteiger partial charge >= 0.3 is 18.2 Å². The summed E-state index contributed by atoms with van der Waals surface area (Å²) in [7, 11) is 0. The Morgan fingerprint density at radius 1 is 0.842 bits per heavy atom. The molecule has 0 bridgehead atoms. The number of aliphatic carboxylic acids is 1. The molecule has 0 aliphatic carbocycles. The predicted molar refractivity (Wildman–Crippen MR) is 128 cm³/mol. The number of rotatable bonds is 12. The summed E-state index contributed by atoms with van der Waals surface area (Å²) in [5.74, 6) is -5.62. The molecule has 0 saturated carbocycles. The highest BCUT2D eigenvalue weighted by atomic mass is 19.4. The van der Waals surface area contributed by atoms with Crippen molar-refractivity contribution in [2.75, 3.05) is 0 Å². The van der Waals surface area contributed by atoms with Crippen molar-refractivity contribution in [3.8, 4) is 0 Å². The van der Waals surface area contributed by atoms with Gasteiger partial charge in [-0.05, 0) is 38.7 Å². The lowest BCUT2D eigenvalue weighted by molar-refractivity contribution is -0.202. The van der Waals surface area contributed by atoms with Gasteiger partial charge in [-0.15, -0.1) is 0 Å². The smallest absolute Gasteiger partial charge is 0.420 e. The number of carboxylic acid groups (broad SMARTS) is 1. The summed E-state index contributed by atoms with van der Waals surface area (Å²) in [6.07, 6.45) is -7.62. The fourth-order valence-electron chi connectivity index (χ4n) is 3.25. The minimum absolute atomic E-state index is 0.344. The van der Waals surface area contributed by atoms with Gasteiger partial charge in [0.15, 0.2) is 0 Å². The van der Waals surface area contributed by atoms with E-state index >= 15 is 0 Å². The Kier molecular flexibility index (Phi) is 11.5. The number of halogens is 3. The van der Waals surface area contributed by atoms with Gasteiger partial charge in [0.2, 0.25) is 17.4 Å². The molecular weight excluding hydrogens is 513 g/mol. The molecule has 11 nitrogen and oxygen atoms in total. The number of alkyl halides is 3. The van der Waals surface area contributed by atoms with Crippen molar-refractivity contribution in [2.45, 2.75) is 77.5 Å². The van der Waals surface area contributed by atoms with Gasteiger partial charge in [0.25, 0.3) is 5.91 Å². The molecule has 4 amide bonds. The van der Waals surface area contributed by atoms with Gasteiger partial charge in [0.1, 0.15) is 24.7 Å². The second kappa shape index (κ2) is 13.6. The Balaban J connectivity index is 3.02. The first-order chi connectivity index (χ1) is 17.5. The molecule has 0 spiro atoms. The lowest BCUT2D eigenvalue weighted by atomic mass is 9.86. The molecular formula is C24H33F3N4O7. The van der Waals surface area contributed by atoms with E-state index < -0.39 is 72.0 Å². The van der Waals surface area contributed by atoms with E-state index in [1.807, 2.05) is 5.32 Å². The molecule has 0 radical (unpaired) electrons. The summed E-state index contributed by atoms with van der Waals surface area (Å²) >= 11 is 0. The highest BCUT2D eigenvalue weighted by molar-refractivity contribution is 5.96. The van der Waals surface area contributed by atoms with Crippen LogP contribution in [0.4, 0.5) is 18.0 Å². The largest absolute Gasteiger partial charge is 0.480 e. The van der Waals surface area contributed by atoms with Gasteiger partial charge in [-0.2, -0.15) is 13.2 Å². The standard InChI is InChI=1S/C24H33F3N4O7/c1-13(2)11-23(24(25,26)27,31-22(37)38-12-17-9-7-6-8-10-17)21(36)30-15(4)19(33)28-14(3)18(32)29-16(5)20(34)35/h6-10,13-16H,11-12H2,1-5H3,(H,28,33)(H,29,32)(H,30,36)(H,31,37)(H,34,35)/t14-,15-,16-,23?/m0/s1. The maximum Gasteiger partial charge on any atom is 0.420 e. The van der Waals surface area contributed by atoms with Crippen LogP contribution >= 0.6 is 0 Å². The Morgan fingerprint density at radius 3 is 1.82 bits per heavy atom. The van der Waals surface area contributed by atoms with E-state index in [0.717, 1.165) is 6.92 Å². The van der Waals surface area contributed by atoms with Crippen LogP contribution in [-0.2, 0) is 30.5 Å². The Hall–Kier alpha value is -3.84. The zero-order valence-corrected chi connectivity index (χ0v) is 21.6. The number of alkyl carbamates (subject to hydrolysis) is 1. The molecule has 0 aliphatic rings. The van der Waals surface area contributed by atoms with E-state index in [0.29, 0.717) is 5.56 Å². The molecule has 0 saturated heterocycles. The van der Waals surface area contributed by atoms with E-state index in [1.54, 1.807) is 35.6 Å². The van der Waals surface area contributed by atoms with Gasteiger partial charge in [0, 0.05) is 0 Å². The van der Waals surface area contributed by atoms with Crippen LogP contribution in [-0.4, -0.2) is 64.7 Å². The van der Waals surface area contributed by atoms with Crippen LogP contribution in [0.15, 0.2) is 30.3 Å². The first kappa shape index (κ1) is 32.2. The highest BCUT2D eigenvalue weighted by Crippen LogP contribution is 2.36. The summed E-state index contributed by atoms with van der Waals surface area (Å²) < 4.78 is 47.9. The Bertz CT molecular complexity index is 1000. The molecule has 0 aromatic heterocycles.